The smallest absolute Gasteiger partial charge is 0.110 e. The second-order valence-corrected chi connectivity index (χ2v) is 8.70. The highest BCUT2D eigenvalue weighted by Gasteiger charge is 2.28. The number of thioether (sulfide) groups is 1. The van der Waals surface area contributed by atoms with Gasteiger partial charge in [0.1, 0.15) is 5.50 Å². The lowest BCUT2D eigenvalue weighted by Gasteiger charge is -2.36. The molecule has 3 aliphatic heterocycles. The van der Waals surface area contributed by atoms with Gasteiger partial charge < -0.3 is 0 Å². The largest absolute Gasteiger partial charge is 0.294 e. The van der Waals surface area contributed by atoms with E-state index < -0.39 is 0 Å². The van der Waals surface area contributed by atoms with Crippen LogP contribution in [0.1, 0.15) is 39.5 Å². The number of likely N-dealkylation sites (tertiary alicyclic amines) is 2. The van der Waals surface area contributed by atoms with Gasteiger partial charge in [-0.1, -0.05) is 13.8 Å². The summed E-state index contributed by atoms with van der Waals surface area (Å²) in [5, 5.41) is 3.69. The number of hydrogen-bond donors (Lipinski definition) is 1. The molecule has 128 valence electrons. The Morgan fingerprint density at radius 1 is 0.864 bits per heavy atom. The summed E-state index contributed by atoms with van der Waals surface area (Å²) < 4.78 is 0. The molecule has 3 saturated heterocycles. The summed E-state index contributed by atoms with van der Waals surface area (Å²) in [6.45, 7) is 13.5. The quantitative estimate of drug-likeness (QED) is 0.834. The van der Waals surface area contributed by atoms with Crippen LogP contribution in [0.4, 0.5) is 0 Å². The van der Waals surface area contributed by atoms with E-state index in [1.165, 1.54) is 64.3 Å². The summed E-state index contributed by atoms with van der Waals surface area (Å²) in [6.07, 6.45) is 5.53. The van der Waals surface area contributed by atoms with Crippen LogP contribution in [-0.4, -0.2) is 72.0 Å². The molecule has 0 aromatic carbocycles. The first-order chi connectivity index (χ1) is 10.7. The highest BCUT2D eigenvalue weighted by Crippen LogP contribution is 2.23. The molecule has 1 atom stereocenters. The second-order valence-electron chi connectivity index (χ2n) is 7.66. The molecular weight excluding hydrogens is 292 g/mol. The number of piperidine rings is 2. The lowest BCUT2D eigenvalue weighted by Crippen LogP contribution is -2.45. The Balaban J connectivity index is 1.39. The van der Waals surface area contributed by atoms with E-state index in [2.05, 4.69) is 45.6 Å². The van der Waals surface area contributed by atoms with Crippen LogP contribution < -0.4 is 5.32 Å². The molecule has 0 aromatic heterocycles. The van der Waals surface area contributed by atoms with Crippen LogP contribution in [0.15, 0.2) is 0 Å². The first kappa shape index (κ1) is 17.0. The molecule has 0 saturated carbocycles. The monoisotopic (exact) mass is 326 g/mol. The van der Waals surface area contributed by atoms with Crippen molar-refractivity contribution in [2.24, 2.45) is 11.8 Å². The molecule has 4 nitrogen and oxygen atoms in total. The van der Waals surface area contributed by atoms with Crippen LogP contribution in [0.3, 0.4) is 0 Å². The first-order valence-corrected chi connectivity index (χ1v) is 10.3. The maximum absolute atomic E-state index is 3.69. The van der Waals surface area contributed by atoms with Gasteiger partial charge >= 0.3 is 0 Å². The fourth-order valence-corrected chi connectivity index (χ4v) is 4.94. The Morgan fingerprint density at radius 3 is 2.09 bits per heavy atom. The zero-order chi connectivity index (χ0) is 15.4. The van der Waals surface area contributed by atoms with Gasteiger partial charge in [-0.25, -0.2) is 0 Å². The van der Waals surface area contributed by atoms with Crippen molar-refractivity contribution in [1.29, 1.82) is 0 Å². The molecule has 1 N–H and O–H groups in total. The summed E-state index contributed by atoms with van der Waals surface area (Å²) in [4.78, 5) is 7.95. The van der Waals surface area contributed by atoms with Crippen molar-refractivity contribution in [1.82, 2.24) is 20.0 Å². The van der Waals surface area contributed by atoms with Crippen molar-refractivity contribution in [3.63, 3.8) is 0 Å². The zero-order valence-electron chi connectivity index (χ0n) is 14.5. The van der Waals surface area contributed by atoms with Gasteiger partial charge in [-0.2, -0.15) is 0 Å². The molecule has 3 heterocycles. The van der Waals surface area contributed by atoms with E-state index in [9.17, 15) is 0 Å². The lowest BCUT2D eigenvalue weighted by molar-refractivity contribution is 0.107. The summed E-state index contributed by atoms with van der Waals surface area (Å²) in [5.74, 6) is 3.06. The van der Waals surface area contributed by atoms with Crippen molar-refractivity contribution in [2.45, 2.75) is 45.0 Å². The van der Waals surface area contributed by atoms with E-state index in [4.69, 9.17) is 0 Å². The predicted molar refractivity (Wildman–Crippen MR) is 95.8 cm³/mol. The van der Waals surface area contributed by atoms with Crippen LogP contribution >= 0.6 is 11.8 Å². The average molecular weight is 327 g/mol. The maximum Gasteiger partial charge on any atom is 0.110 e. The summed E-state index contributed by atoms with van der Waals surface area (Å²) >= 11 is 2.10. The lowest BCUT2D eigenvalue weighted by atomic mass is 10.00. The third kappa shape index (κ3) is 4.84. The highest BCUT2D eigenvalue weighted by atomic mass is 32.2. The molecule has 0 amide bonds. The van der Waals surface area contributed by atoms with E-state index in [0.29, 0.717) is 5.50 Å². The number of nitrogens with zero attached hydrogens (tertiary/aromatic N) is 3. The van der Waals surface area contributed by atoms with E-state index in [1.807, 2.05) is 0 Å². The molecule has 3 aliphatic rings. The Morgan fingerprint density at radius 2 is 1.45 bits per heavy atom. The minimum Gasteiger partial charge on any atom is -0.294 e. The van der Waals surface area contributed by atoms with Crippen molar-refractivity contribution in [3.05, 3.63) is 0 Å². The number of hydrogen-bond acceptors (Lipinski definition) is 5. The molecule has 3 fully saturated rings. The average Bonchev–Trinajstić information content (AvgIpc) is 2.96. The third-order valence-corrected chi connectivity index (χ3v) is 6.89. The third-order valence-electron chi connectivity index (χ3n) is 5.60. The van der Waals surface area contributed by atoms with Crippen molar-refractivity contribution in [3.8, 4) is 0 Å². The Kier molecular flexibility index (Phi) is 6.45. The van der Waals surface area contributed by atoms with Crippen molar-refractivity contribution in [2.75, 3.05) is 51.8 Å². The Hall–Kier alpha value is 0.190. The summed E-state index contributed by atoms with van der Waals surface area (Å²) in [6, 6.07) is 0. The predicted octanol–water partition coefficient (Wildman–Crippen LogP) is 2.29. The maximum atomic E-state index is 3.69. The van der Waals surface area contributed by atoms with Crippen LogP contribution in [0.25, 0.3) is 0 Å². The fraction of sp³-hybridized carbons (Fsp3) is 1.00. The van der Waals surface area contributed by atoms with Gasteiger partial charge in [0.25, 0.3) is 0 Å². The molecule has 22 heavy (non-hydrogen) atoms. The molecule has 0 aromatic rings. The molecular formula is C17H34N4S. The molecule has 0 bridgehead atoms. The van der Waals surface area contributed by atoms with Gasteiger partial charge in [0.05, 0.1) is 6.67 Å². The van der Waals surface area contributed by atoms with E-state index >= 15 is 0 Å². The minimum atomic E-state index is 0.527. The van der Waals surface area contributed by atoms with Gasteiger partial charge in [-0.05, 0) is 63.7 Å². The number of nitrogens with one attached hydrogen (secondary N) is 1. The van der Waals surface area contributed by atoms with Gasteiger partial charge in [0.15, 0.2) is 0 Å². The van der Waals surface area contributed by atoms with Gasteiger partial charge in [-0.15, -0.1) is 11.8 Å². The highest BCUT2D eigenvalue weighted by molar-refractivity contribution is 7.99. The van der Waals surface area contributed by atoms with Crippen LogP contribution in [-0.2, 0) is 0 Å². The van der Waals surface area contributed by atoms with Gasteiger partial charge in [-0.3, -0.25) is 20.0 Å². The fourth-order valence-electron chi connectivity index (χ4n) is 3.71. The van der Waals surface area contributed by atoms with Gasteiger partial charge in [0.2, 0.25) is 0 Å². The summed E-state index contributed by atoms with van der Waals surface area (Å²) in [5.41, 5.74) is 0.527. The van der Waals surface area contributed by atoms with Crippen LogP contribution in [0, 0.1) is 11.8 Å². The molecule has 0 spiro atoms. The molecule has 0 radical (unpaired) electrons. The zero-order valence-corrected chi connectivity index (χ0v) is 15.3. The SMILES string of the molecule is CC1CCN(CSC2NCCN2CN2CCC(C)CC2)CC1. The molecule has 1 unspecified atom stereocenters. The van der Waals surface area contributed by atoms with E-state index in [-0.39, 0.29) is 0 Å². The minimum absolute atomic E-state index is 0.527. The van der Waals surface area contributed by atoms with E-state index in [0.717, 1.165) is 25.0 Å². The Bertz CT molecular complexity index is 325. The molecule has 0 aliphatic carbocycles. The number of rotatable bonds is 5. The van der Waals surface area contributed by atoms with Gasteiger partial charge in [0, 0.05) is 19.0 Å². The van der Waals surface area contributed by atoms with Crippen molar-refractivity contribution >= 4 is 11.8 Å². The first-order valence-electron chi connectivity index (χ1n) is 9.24. The second kappa shape index (κ2) is 8.34. The Labute approximate surface area is 141 Å². The van der Waals surface area contributed by atoms with E-state index in [1.54, 1.807) is 0 Å². The standard InChI is InChI=1S/C17H34N4S/c1-15-3-8-19(9-4-15)13-21-12-7-18-17(21)22-14-20-10-5-16(2)6-11-20/h15-18H,3-14H2,1-2H3. The van der Waals surface area contributed by atoms with Crippen LogP contribution in [0.2, 0.25) is 0 Å². The summed E-state index contributed by atoms with van der Waals surface area (Å²) in [7, 11) is 0. The molecule has 3 rings (SSSR count). The topological polar surface area (TPSA) is 21.8 Å². The van der Waals surface area contributed by atoms with Crippen molar-refractivity contribution < 1.29 is 0 Å². The molecule has 5 heteroatoms. The normalized spacial score (nSPS) is 31.1. The van der Waals surface area contributed by atoms with Crippen LogP contribution in [0.5, 0.6) is 0 Å².